The monoisotopic (exact) mass is 358 g/mol. The Morgan fingerprint density at radius 3 is 2.11 bits per heavy atom. The second kappa shape index (κ2) is 10.3. The molecule has 1 fully saturated rings. The van der Waals surface area contributed by atoms with Gasteiger partial charge >= 0.3 is 0 Å². The molecule has 0 heteroatoms. The van der Waals surface area contributed by atoms with E-state index in [4.69, 9.17) is 0 Å². The molecular weight excluding hydrogens is 324 g/mol. The molecule has 1 aliphatic carbocycles. The molecule has 0 spiro atoms. The fraction of sp³-hybridized carbons (Fsp3) is 0.407. The lowest BCUT2D eigenvalue weighted by Gasteiger charge is -2.28. The van der Waals surface area contributed by atoms with Gasteiger partial charge in [0, 0.05) is 0 Å². The number of hydrogen-bond acceptors (Lipinski definition) is 0. The third-order valence-electron chi connectivity index (χ3n) is 6.07. The van der Waals surface area contributed by atoms with E-state index in [0.717, 1.165) is 11.8 Å². The van der Waals surface area contributed by atoms with E-state index in [1.807, 2.05) is 6.08 Å². The van der Waals surface area contributed by atoms with E-state index in [2.05, 4.69) is 74.2 Å². The number of aryl methyl sites for hydroxylation is 1. The van der Waals surface area contributed by atoms with Crippen LogP contribution >= 0.6 is 0 Å². The predicted octanol–water partition coefficient (Wildman–Crippen LogP) is 8.10. The average Bonchev–Trinajstić information content (AvgIpc) is 2.73. The molecule has 0 heterocycles. The van der Waals surface area contributed by atoms with Gasteiger partial charge in [-0.1, -0.05) is 86.7 Å². The van der Waals surface area contributed by atoms with Gasteiger partial charge in [0.1, 0.15) is 0 Å². The molecule has 0 saturated heterocycles. The van der Waals surface area contributed by atoms with Gasteiger partial charge in [0.25, 0.3) is 0 Å². The van der Waals surface area contributed by atoms with E-state index < -0.39 is 0 Å². The Bertz CT molecular complexity index is 710. The Morgan fingerprint density at radius 1 is 0.889 bits per heavy atom. The standard InChI is InChI=1S/C27H34/c1-3-5-6-7-9-23-12-16-25(17-13-23)27-20-18-26(19-21-27)24-14-10-22(8-4-2)11-15-24/h3,5-6,10-11,14-15,18-21,23,25H,1,4,7-9,12-13,16-17H2,2H3/b6-5+. The number of hydrogen-bond donors (Lipinski definition) is 0. The van der Waals surface area contributed by atoms with Crippen LogP contribution in [0.1, 0.15) is 68.9 Å². The predicted molar refractivity (Wildman–Crippen MR) is 119 cm³/mol. The summed E-state index contributed by atoms with van der Waals surface area (Å²) >= 11 is 0. The van der Waals surface area contributed by atoms with Crippen LogP contribution in [0.15, 0.2) is 73.3 Å². The van der Waals surface area contributed by atoms with Gasteiger partial charge in [0.15, 0.2) is 0 Å². The van der Waals surface area contributed by atoms with Crippen LogP contribution < -0.4 is 0 Å². The zero-order chi connectivity index (χ0) is 18.9. The lowest BCUT2D eigenvalue weighted by molar-refractivity contribution is 0.312. The van der Waals surface area contributed by atoms with Crippen LogP contribution in [0.2, 0.25) is 0 Å². The fourth-order valence-electron chi connectivity index (χ4n) is 4.41. The largest absolute Gasteiger partial charge is 0.0991 e. The zero-order valence-corrected chi connectivity index (χ0v) is 16.9. The highest BCUT2D eigenvalue weighted by Crippen LogP contribution is 2.38. The number of rotatable bonds is 8. The van der Waals surface area contributed by atoms with E-state index in [0.29, 0.717) is 0 Å². The Morgan fingerprint density at radius 2 is 1.52 bits per heavy atom. The Balaban J connectivity index is 1.53. The third-order valence-corrected chi connectivity index (χ3v) is 6.07. The van der Waals surface area contributed by atoms with Crippen molar-refractivity contribution in [3.05, 3.63) is 84.5 Å². The molecule has 0 unspecified atom stereocenters. The van der Waals surface area contributed by atoms with Gasteiger partial charge in [-0.3, -0.25) is 0 Å². The molecular formula is C27H34. The first-order valence-corrected chi connectivity index (χ1v) is 10.8. The topological polar surface area (TPSA) is 0 Å². The smallest absolute Gasteiger partial charge is 0.0162 e. The van der Waals surface area contributed by atoms with Crippen LogP contribution in [-0.4, -0.2) is 0 Å². The van der Waals surface area contributed by atoms with Crippen LogP contribution in [0.4, 0.5) is 0 Å². The zero-order valence-electron chi connectivity index (χ0n) is 16.9. The van der Waals surface area contributed by atoms with Gasteiger partial charge in [-0.15, -0.1) is 0 Å². The van der Waals surface area contributed by atoms with Crippen molar-refractivity contribution < 1.29 is 0 Å². The SMILES string of the molecule is C=C/C=C/CCC1CCC(c2ccc(-c3ccc(CCC)cc3)cc2)CC1. The van der Waals surface area contributed by atoms with Gasteiger partial charge in [-0.05, 0) is 79.0 Å². The minimum absolute atomic E-state index is 0.756. The van der Waals surface area contributed by atoms with E-state index in [1.165, 1.54) is 73.6 Å². The molecule has 3 rings (SSSR count). The normalized spacial score (nSPS) is 20.0. The Hall–Kier alpha value is -2.08. The lowest BCUT2D eigenvalue weighted by atomic mass is 9.77. The van der Waals surface area contributed by atoms with Crippen molar-refractivity contribution in [1.82, 2.24) is 0 Å². The maximum absolute atomic E-state index is 3.74. The molecule has 0 atom stereocenters. The average molecular weight is 359 g/mol. The first kappa shape index (κ1) is 19.7. The van der Waals surface area contributed by atoms with Crippen LogP contribution in [-0.2, 0) is 6.42 Å². The van der Waals surface area contributed by atoms with E-state index in [-0.39, 0.29) is 0 Å². The van der Waals surface area contributed by atoms with Gasteiger partial charge in [0.05, 0.1) is 0 Å². The third kappa shape index (κ3) is 5.70. The highest BCUT2D eigenvalue weighted by atomic mass is 14.3. The number of allylic oxidation sites excluding steroid dienone is 3. The first-order valence-electron chi connectivity index (χ1n) is 10.8. The van der Waals surface area contributed by atoms with Crippen LogP contribution in [0, 0.1) is 5.92 Å². The van der Waals surface area contributed by atoms with E-state index in [1.54, 1.807) is 0 Å². The second-order valence-electron chi connectivity index (χ2n) is 8.03. The fourth-order valence-corrected chi connectivity index (χ4v) is 4.41. The summed E-state index contributed by atoms with van der Waals surface area (Å²) < 4.78 is 0. The molecule has 0 bridgehead atoms. The molecule has 0 amide bonds. The summed E-state index contributed by atoms with van der Waals surface area (Å²) in [5.41, 5.74) is 5.64. The van der Waals surface area contributed by atoms with Gasteiger partial charge in [-0.2, -0.15) is 0 Å². The van der Waals surface area contributed by atoms with Gasteiger partial charge in [-0.25, -0.2) is 0 Å². The van der Waals surface area contributed by atoms with Crippen molar-refractivity contribution in [2.75, 3.05) is 0 Å². The van der Waals surface area contributed by atoms with Gasteiger partial charge in [0.2, 0.25) is 0 Å². The molecule has 27 heavy (non-hydrogen) atoms. The van der Waals surface area contributed by atoms with Crippen molar-refractivity contribution in [2.24, 2.45) is 5.92 Å². The summed E-state index contributed by atoms with van der Waals surface area (Å²) in [7, 11) is 0. The molecule has 1 aliphatic rings. The van der Waals surface area contributed by atoms with Crippen molar-refractivity contribution in [3.63, 3.8) is 0 Å². The molecule has 1 saturated carbocycles. The second-order valence-corrected chi connectivity index (χ2v) is 8.03. The molecule has 0 N–H and O–H groups in total. The minimum atomic E-state index is 0.756. The quantitative estimate of drug-likeness (QED) is 0.418. The molecule has 0 aromatic heterocycles. The summed E-state index contributed by atoms with van der Waals surface area (Å²) in [6.45, 7) is 5.97. The maximum atomic E-state index is 3.74. The molecule has 142 valence electrons. The van der Waals surface area contributed by atoms with Crippen LogP contribution in [0.5, 0.6) is 0 Å². The summed E-state index contributed by atoms with van der Waals surface area (Å²) in [5.74, 6) is 1.67. The molecule has 0 radical (unpaired) electrons. The highest BCUT2D eigenvalue weighted by molar-refractivity contribution is 5.64. The Kier molecular flexibility index (Phi) is 7.51. The highest BCUT2D eigenvalue weighted by Gasteiger charge is 2.21. The summed E-state index contributed by atoms with van der Waals surface area (Å²) in [5, 5.41) is 0. The summed E-state index contributed by atoms with van der Waals surface area (Å²) in [6, 6.07) is 18.5. The molecule has 2 aromatic rings. The van der Waals surface area contributed by atoms with Crippen LogP contribution in [0.3, 0.4) is 0 Å². The van der Waals surface area contributed by atoms with Crippen molar-refractivity contribution in [2.45, 2.75) is 64.2 Å². The van der Waals surface area contributed by atoms with Gasteiger partial charge < -0.3 is 0 Å². The maximum Gasteiger partial charge on any atom is -0.0162 e. The molecule has 2 aromatic carbocycles. The Labute approximate surface area is 166 Å². The number of benzene rings is 2. The summed E-state index contributed by atoms with van der Waals surface area (Å²) in [6.07, 6.45) is 16.6. The van der Waals surface area contributed by atoms with E-state index in [9.17, 15) is 0 Å². The van der Waals surface area contributed by atoms with Crippen LogP contribution in [0.25, 0.3) is 11.1 Å². The van der Waals surface area contributed by atoms with Crippen molar-refractivity contribution in [1.29, 1.82) is 0 Å². The first-order chi connectivity index (χ1) is 13.3. The van der Waals surface area contributed by atoms with E-state index >= 15 is 0 Å². The van der Waals surface area contributed by atoms with Crippen molar-refractivity contribution >= 4 is 0 Å². The lowest BCUT2D eigenvalue weighted by Crippen LogP contribution is -2.13. The summed E-state index contributed by atoms with van der Waals surface area (Å²) in [4.78, 5) is 0. The molecule has 0 nitrogen and oxygen atoms in total. The minimum Gasteiger partial charge on any atom is -0.0991 e. The van der Waals surface area contributed by atoms with Crippen molar-refractivity contribution in [3.8, 4) is 11.1 Å². The molecule has 0 aliphatic heterocycles.